The number of aromatic nitrogens is 2. The summed E-state index contributed by atoms with van der Waals surface area (Å²) >= 11 is 5.71. The molecule has 0 spiro atoms. The Labute approximate surface area is 112 Å². The topological polar surface area (TPSA) is 61.2 Å². The van der Waals surface area contributed by atoms with Gasteiger partial charge in [0.25, 0.3) is 0 Å². The quantitative estimate of drug-likeness (QED) is 0.815. The lowest BCUT2D eigenvalue weighted by atomic mass is 10.3. The highest BCUT2D eigenvalue weighted by molar-refractivity contribution is 7.87. The van der Waals surface area contributed by atoms with Gasteiger partial charge in [-0.2, -0.15) is 8.42 Å². The second kappa shape index (κ2) is 4.78. The van der Waals surface area contributed by atoms with Gasteiger partial charge in [0.15, 0.2) is 16.7 Å². The van der Waals surface area contributed by atoms with Crippen LogP contribution < -0.4 is 4.18 Å². The molecular weight excluding hydrogens is 302 g/mol. The molecule has 0 unspecified atom stereocenters. The Morgan fingerprint density at radius 1 is 1.37 bits per heavy atom. The fraction of sp³-hybridized carbons (Fsp3) is 0.100. The van der Waals surface area contributed by atoms with Crippen LogP contribution in [0.5, 0.6) is 5.75 Å². The van der Waals surface area contributed by atoms with E-state index >= 15 is 0 Å². The molecule has 0 N–H and O–H groups in total. The standard InChI is InChI=1S/C10H7ClF2N2O3S/c1-15-5-14-10(9(15)11)19(16,17)18-8-3-2-6(12)4-7(8)13/h2-5H,1H3. The first-order valence-corrected chi connectivity index (χ1v) is 6.66. The summed E-state index contributed by atoms with van der Waals surface area (Å²) in [6, 6.07) is 2.23. The number of rotatable bonds is 3. The zero-order valence-electron chi connectivity index (χ0n) is 9.47. The molecular formula is C10H7ClF2N2O3S. The summed E-state index contributed by atoms with van der Waals surface area (Å²) in [7, 11) is -2.91. The Morgan fingerprint density at radius 2 is 2.05 bits per heavy atom. The lowest BCUT2D eigenvalue weighted by molar-refractivity contribution is 0.455. The van der Waals surface area contributed by atoms with Crippen molar-refractivity contribution in [2.45, 2.75) is 5.03 Å². The average Bonchev–Trinajstić information content (AvgIpc) is 2.64. The lowest BCUT2D eigenvalue weighted by Gasteiger charge is -2.06. The smallest absolute Gasteiger partial charge is 0.360 e. The molecule has 0 radical (unpaired) electrons. The number of benzene rings is 1. The van der Waals surface area contributed by atoms with Crippen molar-refractivity contribution in [2.75, 3.05) is 0 Å². The van der Waals surface area contributed by atoms with Gasteiger partial charge in [-0.25, -0.2) is 13.8 Å². The van der Waals surface area contributed by atoms with Gasteiger partial charge in [0, 0.05) is 13.1 Å². The van der Waals surface area contributed by atoms with Gasteiger partial charge in [-0.15, -0.1) is 0 Å². The van der Waals surface area contributed by atoms with Crippen molar-refractivity contribution >= 4 is 21.7 Å². The zero-order chi connectivity index (χ0) is 14.2. The van der Waals surface area contributed by atoms with Crippen molar-refractivity contribution < 1.29 is 21.4 Å². The summed E-state index contributed by atoms with van der Waals surface area (Å²) in [6.07, 6.45) is 1.17. The molecule has 0 amide bonds. The summed E-state index contributed by atoms with van der Waals surface area (Å²) < 4.78 is 55.5. The maximum absolute atomic E-state index is 13.3. The minimum atomic E-state index is -4.38. The highest BCUT2D eigenvalue weighted by atomic mass is 35.5. The highest BCUT2D eigenvalue weighted by Gasteiger charge is 2.26. The van der Waals surface area contributed by atoms with Crippen LogP contribution >= 0.6 is 11.6 Å². The normalized spacial score (nSPS) is 11.6. The van der Waals surface area contributed by atoms with Crippen LogP contribution in [-0.4, -0.2) is 18.0 Å². The number of imidazole rings is 1. The van der Waals surface area contributed by atoms with Crippen LogP contribution in [0.4, 0.5) is 8.78 Å². The van der Waals surface area contributed by atoms with Gasteiger partial charge >= 0.3 is 10.1 Å². The van der Waals surface area contributed by atoms with E-state index in [-0.39, 0.29) is 5.15 Å². The Hall–Kier alpha value is -1.67. The van der Waals surface area contributed by atoms with E-state index in [4.69, 9.17) is 11.6 Å². The van der Waals surface area contributed by atoms with Gasteiger partial charge < -0.3 is 8.75 Å². The number of nitrogens with zero attached hydrogens (tertiary/aromatic N) is 2. The molecule has 9 heteroatoms. The molecule has 0 saturated heterocycles. The van der Waals surface area contributed by atoms with Crippen LogP contribution in [0.1, 0.15) is 0 Å². The molecule has 0 aliphatic rings. The molecule has 0 saturated carbocycles. The summed E-state index contributed by atoms with van der Waals surface area (Å²) in [5, 5.41) is -0.720. The lowest BCUT2D eigenvalue weighted by Crippen LogP contribution is -2.12. The number of hydrogen-bond acceptors (Lipinski definition) is 4. The third kappa shape index (κ3) is 2.69. The predicted octanol–water partition coefficient (Wildman–Crippen LogP) is 2.12. The van der Waals surface area contributed by atoms with E-state index in [1.54, 1.807) is 0 Å². The summed E-state index contributed by atoms with van der Waals surface area (Å²) in [5.74, 6) is -2.63. The van der Waals surface area contributed by atoms with Crippen molar-refractivity contribution in [3.8, 4) is 5.75 Å². The third-order valence-corrected chi connectivity index (χ3v) is 3.89. The van der Waals surface area contributed by atoms with E-state index in [1.807, 2.05) is 0 Å². The van der Waals surface area contributed by atoms with Crippen molar-refractivity contribution in [3.63, 3.8) is 0 Å². The van der Waals surface area contributed by atoms with Crippen LogP contribution in [0.25, 0.3) is 0 Å². The number of aryl methyl sites for hydroxylation is 1. The van der Waals surface area contributed by atoms with Crippen LogP contribution in [0.2, 0.25) is 5.15 Å². The van der Waals surface area contributed by atoms with E-state index in [9.17, 15) is 17.2 Å². The van der Waals surface area contributed by atoms with E-state index in [0.29, 0.717) is 6.07 Å². The molecule has 0 atom stereocenters. The van der Waals surface area contributed by atoms with Gasteiger partial charge in [0.1, 0.15) is 5.82 Å². The molecule has 1 aromatic heterocycles. The van der Waals surface area contributed by atoms with Gasteiger partial charge in [0.05, 0.1) is 6.33 Å². The third-order valence-electron chi connectivity index (χ3n) is 2.16. The molecule has 2 aromatic rings. The summed E-state index contributed by atoms with van der Waals surface area (Å²) in [4.78, 5) is 3.55. The fourth-order valence-corrected chi connectivity index (χ4v) is 2.61. The maximum atomic E-state index is 13.3. The minimum absolute atomic E-state index is 0.178. The van der Waals surface area contributed by atoms with Gasteiger partial charge in [-0.3, -0.25) is 0 Å². The Balaban J connectivity index is 2.39. The van der Waals surface area contributed by atoms with Crippen LogP contribution in [0.15, 0.2) is 29.6 Å². The molecule has 0 fully saturated rings. The number of halogens is 3. The van der Waals surface area contributed by atoms with E-state index in [0.717, 1.165) is 12.1 Å². The van der Waals surface area contributed by atoms with Crippen LogP contribution in [0.3, 0.4) is 0 Å². The van der Waals surface area contributed by atoms with Crippen molar-refractivity contribution in [1.29, 1.82) is 0 Å². The first kappa shape index (κ1) is 13.8. The second-order valence-corrected chi connectivity index (χ2v) is 5.38. The monoisotopic (exact) mass is 308 g/mol. The van der Waals surface area contributed by atoms with Gasteiger partial charge in [0.2, 0.25) is 5.03 Å². The molecule has 0 bridgehead atoms. The molecule has 1 aromatic carbocycles. The van der Waals surface area contributed by atoms with Crippen molar-refractivity contribution in [1.82, 2.24) is 9.55 Å². The van der Waals surface area contributed by atoms with Gasteiger partial charge in [-0.1, -0.05) is 11.6 Å². The number of hydrogen-bond donors (Lipinski definition) is 0. The molecule has 0 aliphatic carbocycles. The summed E-state index contributed by atoms with van der Waals surface area (Å²) in [5.41, 5.74) is 0. The average molecular weight is 309 g/mol. The molecule has 1 heterocycles. The predicted molar refractivity (Wildman–Crippen MR) is 62.4 cm³/mol. The zero-order valence-corrected chi connectivity index (χ0v) is 11.0. The fourth-order valence-electron chi connectivity index (χ4n) is 1.26. The maximum Gasteiger partial charge on any atom is 0.360 e. The molecule has 2 rings (SSSR count). The van der Waals surface area contributed by atoms with E-state index in [2.05, 4.69) is 9.17 Å². The molecule has 19 heavy (non-hydrogen) atoms. The van der Waals surface area contributed by atoms with E-state index < -0.39 is 32.5 Å². The first-order chi connectivity index (χ1) is 8.81. The minimum Gasteiger partial charge on any atom is -0.375 e. The first-order valence-electron chi connectivity index (χ1n) is 4.87. The molecule has 102 valence electrons. The largest absolute Gasteiger partial charge is 0.375 e. The van der Waals surface area contributed by atoms with Crippen molar-refractivity contribution in [3.05, 3.63) is 41.3 Å². The van der Waals surface area contributed by atoms with Crippen LogP contribution in [-0.2, 0) is 17.2 Å². The highest BCUT2D eigenvalue weighted by Crippen LogP contribution is 2.25. The Bertz CT molecular complexity index is 730. The van der Waals surface area contributed by atoms with E-state index in [1.165, 1.54) is 17.9 Å². The van der Waals surface area contributed by atoms with Crippen molar-refractivity contribution in [2.24, 2.45) is 7.05 Å². The van der Waals surface area contributed by atoms with Gasteiger partial charge in [-0.05, 0) is 12.1 Å². The summed E-state index contributed by atoms with van der Waals surface area (Å²) in [6.45, 7) is 0. The second-order valence-electron chi connectivity index (χ2n) is 3.56. The molecule has 5 nitrogen and oxygen atoms in total. The Kier molecular flexibility index (Phi) is 3.46. The molecule has 0 aliphatic heterocycles. The SMILES string of the molecule is Cn1cnc(S(=O)(=O)Oc2ccc(F)cc2F)c1Cl. The Morgan fingerprint density at radius 3 is 2.58 bits per heavy atom. The van der Waals surface area contributed by atoms with Crippen LogP contribution in [0, 0.1) is 11.6 Å².